The predicted octanol–water partition coefficient (Wildman–Crippen LogP) is -1.11. The lowest BCUT2D eigenvalue weighted by Crippen LogP contribution is -2.21. The van der Waals surface area contributed by atoms with E-state index in [1.807, 2.05) is 0 Å². The number of aliphatic hydroxyl groups excluding tert-OH is 2. The first kappa shape index (κ1) is 9.26. The summed E-state index contributed by atoms with van der Waals surface area (Å²) in [7, 11) is 0. The van der Waals surface area contributed by atoms with E-state index < -0.39 is 24.3 Å². The normalized spacial score (nSPS) is 12.7. The Bertz CT molecular complexity index is 139. The first-order valence-electron chi connectivity index (χ1n) is 2.93. The van der Waals surface area contributed by atoms with Crippen molar-refractivity contribution in [3.8, 4) is 0 Å². The second-order valence-corrected chi connectivity index (χ2v) is 2.06. The van der Waals surface area contributed by atoms with Gasteiger partial charge in [0.25, 0.3) is 0 Å². The van der Waals surface area contributed by atoms with Crippen molar-refractivity contribution in [2.75, 3.05) is 6.61 Å². The number of ketones is 2. The van der Waals surface area contributed by atoms with Crippen LogP contribution in [0.1, 0.15) is 13.3 Å². The Labute approximate surface area is 58.5 Å². The summed E-state index contributed by atoms with van der Waals surface area (Å²) in [4.78, 5) is 20.9. The lowest BCUT2D eigenvalue weighted by Gasteiger charge is -1.99. The van der Waals surface area contributed by atoms with Crippen molar-refractivity contribution in [2.24, 2.45) is 0 Å². The second-order valence-electron chi connectivity index (χ2n) is 2.06. The number of carbonyl (C=O) groups excluding carboxylic acids is 2. The van der Waals surface area contributed by atoms with Crippen LogP contribution in [0.15, 0.2) is 0 Å². The van der Waals surface area contributed by atoms with Gasteiger partial charge >= 0.3 is 0 Å². The number of carbonyl (C=O) groups is 2. The van der Waals surface area contributed by atoms with Gasteiger partial charge < -0.3 is 10.2 Å². The highest BCUT2D eigenvalue weighted by Gasteiger charge is 2.13. The third kappa shape index (κ3) is 3.32. The van der Waals surface area contributed by atoms with Crippen LogP contribution in [0, 0.1) is 0 Å². The van der Waals surface area contributed by atoms with E-state index in [1.54, 1.807) is 0 Å². The maximum atomic E-state index is 10.5. The number of rotatable bonds is 4. The van der Waals surface area contributed by atoms with Crippen LogP contribution in [0.2, 0.25) is 0 Å². The molecule has 10 heavy (non-hydrogen) atoms. The lowest BCUT2D eigenvalue weighted by atomic mass is 10.1. The summed E-state index contributed by atoms with van der Waals surface area (Å²) in [6.45, 7) is 0.633. The van der Waals surface area contributed by atoms with Crippen LogP contribution < -0.4 is 0 Å². The van der Waals surface area contributed by atoms with Crippen molar-refractivity contribution >= 4 is 11.6 Å². The number of hydrogen-bond donors (Lipinski definition) is 2. The van der Waals surface area contributed by atoms with Gasteiger partial charge in [0, 0.05) is 6.42 Å². The van der Waals surface area contributed by atoms with E-state index in [4.69, 9.17) is 10.2 Å². The minimum absolute atomic E-state index is 0.209. The Morgan fingerprint density at radius 2 is 1.90 bits per heavy atom. The maximum Gasteiger partial charge on any atom is 0.223 e. The maximum absolute atomic E-state index is 10.5. The Kier molecular flexibility index (Phi) is 3.83. The molecule has 0 aliphatic carbocycles. The van der Waals surface area contributed by atoms with Crippen LogP contribution in [0.4, 0.5) is 0 Å². The Hall–Kier alpha value is -0.740. The molecule has 4 heteroatoms. The molecule has 1 atom stereocenters. The number of aliphatic hydroxyl groups is 2. The Balaban J connectivity index is 3.74. The molecule has 0 aromatic carbocycles. The van der Waals surface area contributed by atoms with E-state index in [2.05, 4.69) is 0 Å². The molecule has 4 nitrogen and oxygen atoms in total. The molecule has 0 bridgehead atoms. The number of hydrogen-bond acceptors (Lipinski definition) is 4. The molecule has 0 heterocycles. The van der Waals surface area contributed by atoms with Gasteiger partial charge in [-0.1, -0.05) is 0 Å². The highest BCUT2D eigenvalue weighted by atomic mass is 16.3. The summed E-state index contributed by atoms with van der Waals surface area (Å²) in [5.74, 6) is -1.57. The van der Waals surface area contributed by atoms with E-state index in [9.17, 15) is 9.59 Å². The zero-order chi connectivity index (χ0) is 8.15. The molecule has 2 N–H and O–H groups in total. The van der Waals surface area contributed by atoms with Crippen LogP contribution in [0.25, 0.3) is 0 Å². The van der Waals surface area contributed by atoms with E-state index in [0.29, 0.717) is 0 Å². The van der Waals surface area contributed by atoms with Crippen molar-refractivity contribution in [2.45, 2.75) is 19.4 Å². The molecule has 0 aliphatic rings. The molecular weight excluding hydrogens is 136 g/mol. The summed E-state index contributed by atoms with van der Waals surface area (Å²) in [6.07, 6.45) is -1.03. The molecule has 0 aliphatic heterocycles. The fourth-order valence-electron chi connectivity index (χ4n) is 0.470. The van der Waals surface area contributed by atoms with Gasteiger partial charge in [-0.3, -0.25) is 9.59 Å². The van der Waals surface area contributed by atoms with E-state index >= 15 is 0 Å². The molecule has 1 unspecified atom stereocenters. The molecule has 0 saturated heterocycles. The molecule has 58 valence electrons. The molecule has 0 spiro atoms. The predicted molar refractivity (Wildman–Crippen MR) is 33.4 cm³/mol. The van der Waals surface area contributed by atoms with Crippen molar-refractivity contribution in [3.63, 3.8) is 0 Å². The van der Waals surface area contributed by atoms with Crippen LogP contribution in [-0.4, -0.2) is 34.5 Å². The van der Waals surface area contributed by atoms with Crippen LogP contribution in [-0.2, 0) is 9.59 Å². The van der Waals surface area contributed by atoms with Gasteiger partial charge in [-0.15, -0.1) is 0 Å². The van der Waals surface area contributed by atoms with E-state index in [1.165, 1.54) is 6.92 Å². The molecular formula is C6H10O4. The van der Waals surface area contributed by atoms with Gasteiger partial charge in [0.1, 0.15) is 6.61 Å². The fourth-order valence-corrected chi connectivity index (χ4v) is 0.470. The standard InChI is InChI=1S/C6H10O4/c1-4(8)2-5(9)6(10)3-7/h4,7-8H,2-3H2,1H3. The van der Waals surface area contributed by atoms with Crippen molar-refractivity contribution < 1.29 is 19.8 Å². The van der Waals surface area contributed by atoms with Crippen LogP contribution in [0.3, 0.4) is 0 Å². The molecule has 0 aromatic heterocycles. The Morgan fingerprint density at radius 1 is 1.40 bits per heavy atom. The smallest absolute Gasteiger partial charge is 0.223 e. The average Bonchev–Trinajstić information content (AvgIpc) is 1.85. The van der Waals surface area contributed by atoms with Gasteiger partial charge in [0.15, 0.2) is 0 Å². The summed E-state index contributed by atoms with van der Waals surface area (Å²) >= 11 is 0. The van der Waals surface area contributed by atoms with Crippen LogP contribution >= 0.6 is 0 Å². The van der Waals surface area contributed by atoms with E-state index in [0.717, 1.165) is 0 Å². The fraction of sp³-hybridized carbons (Fsp3) is 0.667. The molecule has 0 amide bonds. The zero-order valence-electron chi connectivity index (χ0n) is 5.70. The lowest BCUT2D eigenvalue weighted by molar-refractivity contribution is -0.139. The second kappa shape index (κ2) is 4.14. The third-order valence-corrected chi connectivity index (χ3v) is 0.935. The van der Waals surface area contributed by atoms with Gasteiger partial charge in [0.2, 0.25) is 11.6 Å². The summed E-state index contributed by atoms with van der Waals surface area (Å²) < 4.78 is 0. The molecule has 0 fully saturated rings. The molecule has 0 radical (unpaired) electrons. The van der Waals surface area contributed by atoms with Crippen molar-refractivity contribution in [1.29, 1.82) is 0 Å². The van der Waals surface area contributed by atoms with E-state index in [-0.39, 0.29) is 6.42 Å². The average molecular weight is 146 g/mol. The SMILES string of the molecule is CC(O)CC(=O)C(=O)CO. The third-order valence-electron chi connectivity index (χ3n) is 0.935. The highest BCUT2D eigenvalue weighted by molar-refractivity contribution is 6.37. The number of Topliss-reactive ketones (excluding diaryl/α,β-unsaturated/α-hetero) is 2. The van der Waals surface area contributed by atoms with Crippen molar-refractivity contribution in [3.05, 3.63) is 0 Å². The van der Waals surface area contributed by atoms with Crippen molar-refractivity contribution in [1.82, 2.24) is 0 Å². The quantitative estimate of drug-likeness (QED) is 0.493. The monoisotopic (exact) mass is 146 g/mol. The van der Waals surface area contributed by atoms with Crippen LogP contribution in [0.5, 0.6) is 0 Å². The molecule has 0 aromatic rings. The summed E-state index contributed by atoms with van der Waals surface area (Å²) in [5, 5.41) is 16.8. The molecule has 0 saturated carbocycles. The van der Waals surface area contributed by atoms with Gasteiger partial charge in [-0.2, -0.15) is 0 Å². The summed E-state index contributed by atoms with van der Waals surface area (Å²) in [5.41, 5.74) is 0. The zero-order valence-corrected chi connectivity index (χ0v) is 5.70. The summed E-state index contributed by atoms with van der Waals surface area (Å²) in [6, 6.07) is 0. The largest absolute Gasteiger partial charge is 0.393 e. The first-order chi connectivity index (χ1) is 4.57. The minimum Gasteiger partial charge on any atom is -0.393 e. The Morgan fingerprint density at radius 3 is 2.20 bits per heavy atom. The minimum atomic E-state index is -0.846. The van der Waals surface area contributed by atoms with Gasteiger partial charge in [0.05, 0.1) is 6.10 Å². The van der Waals surface area contributed by atoms with Gasteiger partial charge in [-0.05, 0) is 6.92 Å². The highest BCUT2D eigenvalue weighted by Crippen LogP contribution is 1.91. The first-order valence-corrected chi connectivity index (χ1v) is 2.93. The molecule has 0 rings (SSSR count). The van der Waals surface area contributed by atoms with Gasteiger partial charge in [-0.25, -0.2) is 0 Å². The topological polar surface area (TPSA) is 74.6 Å².